The van der Waals surface area contributed by atoms with E-state index in [0.29, 0.717) is 0 Å². The first-order valence-corrected chi connectivity index (χ1v) is 6.69. The lowest BCUT2D eigenvalue weighted by Gasteiger charge is -2.05. The summed E-state index contributed by atoms with van der Waals surface area (Å²) in [6.07, 6.45) is 9.17. The molecule has 2 heterocycles. The first-order chi connectivity index (χ1) is 8.38. The number of H-pyrrole nitrogens is 1. The zero-order chi connectivity index (χ0) is 11.9. The number of imidazole rings is 1. The van der Waals surface area contributed by atoms with Crippen LogP contribution in [-0.2, 0) is 6.42 Å². The Kier molecular flexibility index (Phi) is 4.37. The van der Waals surface area contributed by atoms with Gasteiger partial charge in [0.25, 0.3) is 0 Å². The highest BCUT2D eigenvalue weighted by Gasteiger charge is 1.98. The number of nitrogens with one attached hydrogen (secondary N) is 2. The van der Waals surface area contributed by atoms with Crippen molar-refractivity contribution in [1.82, 2.24) is 19.9 Å². The van der Waals surface area contributed by atoms with E-state index in [9.17, 15) is 0 Å². The van der Waals surface area contributed by atoms with Crippen LogP contribution in [0.5, 0.6) is 0 Å². The van der Waals surface area contributed by atoms with Crippen LogP contribution in [0.1, 0.15) is 12.2 Å². The molecule has 5 nitrogen and oxygen atoms in total. The van der Waals surface area contributed by atoms with Gasteiger partial charge in [0.1, 0.15) is 23.0 Å². The number of hydrogen-bond donors (Lipinski definition) is 2. The summed E-state index contributed by atoms with van der Waals surface area (Å²) in [5.74, 6) is 1.91. The van der Waals surface area contributed by atoms with Crippen LogP contribution in [0, 0.1) is 0 Å². The Morgan fingerprint density at radius 2 is 2.29 bits per heavy atom. The number of hydrogen-bond acceptors (Lipinski definition) is 5. The molecule has 17 heavy (non-hydrogen) atoms. The fourth-order valence-corrected chi connectivity index (χ4v) is 1.84. The summed E-state index contributed by atoms with van der Waals surface area (Å²) in [6.45, 7) is 0.880. The lowest BCUT2D eigenvalue weighted by Crippen LogP contribution is -2.05. The average molecular weight is 249 g/mol. The van der Waals surface area contributed by atoms with Crippen LogP contribution in [0.2, 0.25) is 0 Å². The molecular formula is C11H15N5S. The molecule has 0 aliphatic carbocycles. The largest absolute Gasteiger partial charge is 0.370 e. The normalized spacial score (nSPS) is 10.4. The Hall–Kier alpha value is -1.56. The quantitative estimate of drug-likeness (QED) is 0.465. The summed E-state index contributed by atoms with van der Waals surface area (Å²) in [5.41, 5.74) is 0. The van der Waals surface area contributed by atoms with Crippen molar-refractivity contribution in [2.24, 2.45) is 0 Å². The molecule has 0 unspecified atom stereocenters. The van der Waals surface area contributed by atoms with Gasteiger partial charge in [-0.3, -0.25) is 0 Å². The molecule has 0 aliphatic rings. The number of aromatic nitrogens is 4. The van der Waals surface area contributed by atoms with E-state index < -0.39 is 0 Å². The second-order valence-corrected chi connectivity index (χ2v) is 4.34. The van der Waals surface area contributed by atoms with Crippen molar-refractivity contribution in [2.75, 3.05) is 18.1 Å². The molecule has 0 bridgehead atoms. The molecule has 0 saturated heterocycles. The molecular weight excluding hydrogens is 234 g/mol. The monoisotopic (exact) mass is 249 g/mol. The van der Waals surface area contributed by atoms with Crippen molar-refractivity contribution in [3.8, 4) is 0 Å². The summed E-state index contributed by atoms with van der Waals surface area (Å²) in [5, 5.41) is 4.26. The van der Waals surface area contributed by atoms with E-state index >= 15 is 0 Å². The Bertz CT molecular complexity index is 443. The molecule has 0 saturated carbocycles. The van der Waals surface area contributed by atoms with Gasteiger partial charge in [0.2, 0.25) is 0 Å². The molecule has 2 aromatic heterocycles. The highest BCUT2D eigenvalue weighted by Crippen LogP contribution is 2.13. The maximum atomic E-state index is 4.18. The number of anilines is 1. The summed E-state index contributed by atoms with van der Waals surface area (Å²) >= 11 is 1.61. The fourth-order valence-electron chi connectivity index (χ4n) is 1.45. The zero-order valence-corrected chi connectivity index (χ0v) is 10.5. The molecule has 0 atom stereocenters. The molecule has 0 spiro atoms. The van der Waals surface area contributed by atoms with Crippen LogP contribution >= 0.6 is 11.8 Å². The SMILES string of the molecule is CSc1cc(NCCCc2ncc[nH]2)ncn1. The van der Waals surface area contributed by atoms with Crippen molar-refractivity contribution >= 4 is 17.6 Å². The van der Waals surface area contributed by atoms with E-state index in [1.54, 1.807) is 24.3 Å². The van der Waals surface area contributed by atoms with Gasteiger partial charge in [0, 0.05) is 31.4 Å². The van der Waals surface area contributed by atoms with Crippen LogP contribution in [-0.4, -0.2) is 32.7 Å². The van der Waals surface area contributed by atoms with E-state index in [-0.39, 0.29) is 0 Å². The zero-order valence-electron chi connectivity index (χ0n) is 9.68. The van der Waals surface area contributed by atoms with Crippen molar-refractivity contribution in [3.63, 3.8) is 0 Å². The second-order valence-electron chi connectivity index (χ2n) is 3.51. The molecule has 0 aliphatic heterocycles. The second kappa shape index (κ2) is 6.24. The smallest absolute Gasteiger partial charge is 0.130 e. The predicted octanol–water partition coefficient (Wildman–Crippen LogP) is 1.97. The van der Waals surface area contributed by atoms with Gasteiger partial charge in [-0.2, -0.15) is 0 Å². The van der Waals surface area contributed by atoms with Crippen LogP contribution in [0.15, 0.2) is 29.8 Å². The maximum Gasteiger partial charge on any atom is 0.130 e. The summed E-state index contributed by atoms with van der Waals surface area (Å²) in [7, 11) is 0. The minimum absolute atomic E-state index is 0.879. The Morgan fingerprint density at radius 3 is 3.06 bits per heavy atom. The third kappa shape index (κ3) is 3.74. The van der Waals surface area contributed by atoms with Gasteiger partial charge in [-0.15, -0.1) is 11.8 Å². The molecule has 2 rings (SSSR count). The molecule has 90 valence electrons. The highest BCUT2D eigenvalue weighted by atomic mass is 32.2. The first kappa shape index (κ1) is 11.9. The van der Waals surface area contributed by atoms with Crippen LogP contribution in [0.4, 0.5) is 5.82 Å². The van der Waals surface area contributed by atoms with Crippen molar-refractivity contribution in [3.05, 3.63) is 30.6 Å². The van der Waals surface area contributed by atoms with Crippen LogP contribution < -0.4 is 5.32 Å². The van der Waals surface area contributed by atoms with E-state index in [1.807, 2.05) is 18.5 Å². The van der Waals surface area contributed by atoms with Gasteiger partial charge in [-0.1, -0.05) is 0 Å². The summed E-state index contributed by atoms with van der Waals surface area (Å²) in [4.78, 5) is 15.5. The van der Waals surface area contributed by atoms with Crippen LogP contribution in [0.25, 0.3) is 0 Å². The van der Waals surface area contributed by atoms with Gasteiger partial charge in [0.15, 0.2) is 0 Å². The Balaban J connectivity index is 1.74. The third-order valence-corrected chi connectivity index (χ3v) is 2.94. The number of aromatic amines is 1. The molecule has 0 fully saturated rings. The maximum absolute atomic E-state index is 4.18. The van der Waals surface area contributed by atoms with Gasteiger partial charge >= 0.3 is 0 Å². The average Bonchev–Trinajstić information content (AvgIpc) is 2.88. The van der Waals surface area contributed by atoms with Crippen LogP contribution in [0.3, 0.4) is 0 Å². The minimum Gasteiger partial charge on any atom is -0.370 e. The Labute approximate surface area is 104 Å². The van der Waals surface area contributed by atoms with Gasteiger partial charge < -0.3 is 10.3 Å². The minimum atomic E-state index is 0.879. The summed E-state index contributed by atoms with van der Waals surface area (Å²) in [6, 6.07) is 1.96. The molecule has 2 N–H and O–H groups in total. The predicted molar refractivity (Wildman–Crippen MR) is 69.2 cm³/mol. The first-order valence-electron chi connectivity index (χ1n) is 5.46. The van der Waals surface area contributed by atoms with Crippen molar-refractivity contribution in [2.45, 2.75) is 17.9 Å². The van der Waals surface area contributed by atoms with Crippen molar-refractivity contribution in [1.29, 1.82) is 0 Å². The molecule has 0 amide bonds. The topological polar surface area (TPSA) is 66.5 Å². The lowest BCUT2D eigenvalue weighted by molar-refractivity contribution is 0.812. The molecule has 6 heteroatoms. The van der Waals surface area contributed by atoms with Gasteiger partial charge in [-0.05, 0) is 12.7 Å². The van der Waals surface area contributed by atoms with E-state index in [4.69, 9.17) is 0 Å². The van der Waals surface area contributed by atoms with E-state index in [2.05, 4.69) is 25.3 Å². The highest BCUT2D eigenvalue weighted by molar-refractivity contribution is 7.98. The van der Waals surface area contributed by atoms with E-state index in [1.165, 1.54) is 0 Å². The standard InChI is InChI=1S/C11H15N5S/c1-17-11-7-10(15-8-16-11)12-4-2-3-9-13-5-6-14-9/h5-8H,2-4H2,1H3,(H,13,14)(H,12,15,16). The summed E-state index contributed by atoms with van der Waals surface area (Å²) < 4.78 is 0. The number of aryl methyl sites for hydroxylation is 1. The molecule has 0 aromatic carbocycles. The molecule has 2 aromatic rings. The number of rotatable bonds is 6. The van der Waals surface area contributed by atoms with Gasteiger partial charge in [0.05, 0.1) is 0 Å². The lowest BCUT2D eigenvalue weighted by atomic mass is 10.3. The Morgan fingerprint density at radius 1 is 1.35 bits per heavy atom. The van der Waals surface area contributed by atoms with Crippen molar-refractivity contribution < 1.29 is 0 Å². The molecule has 0 radical (unpaired) electrons. The van der Waals surface area contributed by atoms with E-state index in [0.717, 1.165) is 36.1 Å². The van der Waals surface area contributed by atoms with Gasteiger partial charge in [-0.25, -0.2) is 15.0 Å². The number of thioether (sulfide) groups is 1. The number of nitrogens with zero attached hydrogens (tertiary/aromatic N) is 3. The third-order valence-electron chi connectivity index (χ3n) is 2.30. The fraction of sp³-hybridized carbons (Fsp3) is 0.364.